The molecule has 0 aliphatic carbocycles. The van der Waals surface area contributed by atoms with Gasteiger partial charge in [0.15, 0.2) is 12.2 Å². The molecule has 0 heterocycles. The number of rotatable bonds is 92. The van der Waals surface area contributed by atoms with Gasteiger partial charge in [0, 0.05) is 25.7 Å². The minimum atomic E-state index is -4.97. The molecule has 0 bridgehead atoms. The monoisotopic (exact) mass is 1620 g/mol. The predicted octanol–water partition coefficient (Wildman–Crippen LogP) is 28.7. The molecule has 19 heteroatoms. The fraction of sp³-hybridized carbons (Fsp3) is 0.957. The zero-order chi connectivity index (χ0) is 81.1. The lowest BCUT2D eigenvalue weighted by molar-refractivity contribution is -0.161. The number of aliphatic hydroxyl groups is 1. The largest absolute Gasteiger partial charge is 0.472 e. The van der Waals surface area contributed by atoms with Crippen LogP contribution in [0.25, 0.3) is 0 Å². The Morgan fingerprint density at radius 1 is 0.243 bits per heavy atom. The third-order valence-corrected chi connectivity index (χ3v) is 23.7. The first-order chi connectivity index (χ1) is 54.0. The summed E-state index contributed by atoms with van der Waals surface area (Å²) in [5, 5.41) is 10.7. The highest BCUT2D eigenvalue weighted by Crippen LogP contribution is 2.45. The fourth-order valence-corrected chi connectivity index (χ4v) is 16.1. The first-order valence-electron chi connectivity index (χ1n) is 47.6. The molecule has 0 saturated heterocycles. The third kappa shape index (κ3) is 85.8. The van der Waals surface area contributed by atoms with Crippen molar-refractivity contribution in [1.82, 2.24) is 0 Å². The van der Waals surface area contributed by atoms with Crippen molar-refractivity contribution >= 4 is 39.5 Å². The van der Waals surface area contributed by atoms with Crippen molar-refractivity contribution in [2.75, 3.05) is 39.6 Å². The van der Waals surface area contributed by atoms with Crippen LogP contribution in [0.3, 0.4) is 0 Å². The first-order valence-corrected chi connectivity index (χ1v) is 50.6. The van der Waals surface area contributed by atoms with Crippen LogP contribution in [0.5, 0.6) is 0 Å². The lowest BCUT2D eigenvalue weighted by atomic mass is 10.0. The Morgan fingerprint density at radius 2 is 0.414 bits per heavy atom. The van der Waals surface area contributed by atoms with E-state index in [-0.39, 0.29) is 25.7 Å². The molecular formula is C92H180O17P2. The van der Waals surface area contributed by atoms with Crippen LogP contribution in [0.15, 0.2) is 0 Å². The lowest BCUT2D eigenvalue weighted by Crippen LogP contribution is -2.30. The Bertz CT molecular complexity index is 2100. The standard InChI is InChI=1S/C92H180O17P2/c1-6-9-12-15-18-21-24-27-30-33-36-38-39-42-45-48-51-54-57-62-68-72-77-91(96)108-87(81-102-89(94)75-70-65-60-55-52-49-46-43-41-37-34-31-28-25-22-19-16-13-10-7-2)83-106-110(98,99)104-79-86(93)80-105-111(100,101)107-84-88(82-103-90(95)76-71-66-63-58-59-64-69-74-85(4)5)109-92(97)78-73-67-61-56-53-50-47-44-40-35-32-29-26-23-20-17-14-11-8-3/h85-88,93H,6-84H2,1-5H3,(H,98,99)(H,100,101)/t86-,87-,88-/m1/s1. The van der Waals surface area contributed by atoms with Crippen LogP contribution in [0.2, 0.25) is 0 Å². The zero-order valence-corrected chi connectivity index (χ0v) is 74.9. The minimum Gasteiger partial charge on any atom is -0.462 e. The number of hydrogen-bond acceptors (Lipinski definition) is 15. The number of phosphoric ester groups is 2. The molecule has 0 aromatic carbocycles. The second-order valence-corrected chi connectivity index (χ2v) is 36.4. The molecule has 2 unspecified atom stereocenters. The number of esters is 4. The van der Waals surface area contributed by atoms with E-state index in [0.29, 0.717) is 31.6 Å². The van der Waals surface area contributed by atoms with Gasteiger partial charge < -0.3 is 33.8 Å². The van der Waals surface area contributed by atoms with Gasteiger partial charge in [0.1, 0.15) is 19.3 Å². The van der Waals surface area contributed by atoms with Gasteiger partial charge in [-0.1, -0.05) is 452 Å². The van der Waals surface area contributed by atoms with Gasteiger partial charge in [-0.15, -0.1) is 0 Å². The molecule has 111 heavy (non-hydrogen) atoms. The van der Waals surface area contributed by atoms with Crippen molar-refractivity contribution in [3.63, 3.8) is 0 Å². The molecule has 0 aromatic heterocycles. The van der Waals surface area contributed by atoms with E-state index in [9.17, 15) is 43.2 Å². The van der Waals surface area contributed by atoms with E-state index in [0.717, 1.165) is 96.3 Å². The summed E-state index contributed by atoms with van der Waals surface area (Å²) in [6.45, 7) is 7.34. The van der Waals surface area contributed by atoms with Crippen LogP contribution in [0.1, 0.15) is 503 Å². The normalized spacial score (nSPS) is 13.7. The van der Waals surface area contributed by atoms with Gasteiger partial charge in [0.05, 0.1) is 26.4 Å². The molecular weight excluding hydrogens is 1440 g/mol. The molecule has 0 aromatic rings. The number of unbranched alkanes of at least 4 members (excludes halogenated alkanes) is 64. The molecule has 0 spiro atoms. The van der Waals surface area contributed by atoms with Crippen LogP contribution < -0.4 is 0 Å². The zero-order valence-electron chi connectivity index (χ0n) is 73.1. The Balaban J connectivity index is 5.21. The Kier molecular flexibility index (Phi) is 83.0. The van der Waals surface area contributed by atoms with E-state index >= 15 is 0 Å². The molecule has 3 N–H and O–H groups in total. The number of phosphoric acid groups is 2. The van der Waals surface area contributed by atoms with Gasteiger partial charge in [0.2, 0.25) is 0 Å². The van der Waals surface area contributed by atoms with Crippen LogP contribution >= 0.6 is 15.6 Å². The van der Waals surface area contributed by atoms with E-state index < -0.39 is 97.5 Å². The summed E-state index contributed by atoms with van der Waals surface area (Å²) >= 11 is 0. The number of carbonyl (C=O) groups is 4. The van der Waals surface area contributed by atoms with Gasteiger partial charge in [-0.3, -0.25) is 37.3 Å². The number of carbonyl (C=O) groups excluding carboxylic acids is 4. The van der Waals surface area contributed by atoms with Crippen LogP contribution in [0.4, 0.5) is 0 Å². The SMILES string of the molecule is CCCCCCCCCCCCCCCCCCCCCCCCC(=O)O[C@H](COC(=O)CCCCCCCCCCCCCCCCCCCCCC)COP(=O)(O)OC[C@@H](O)COP(=O)(O)OC[C@@H](COC(=O)CCCCCCCCCC(C)C)OC(=O)CCCCCCCCCCCCCCCCCCCCC. The maximum absolute atomic E-state index is 13.2. The van der Waals surface area contributed by atoms with Gasteiger partial charge >= 0.3 is 39.5 Å². The average molecular weight is 1620 g/mol. The maximum Gasteiger partial charge on any atom is 0.472 e. The van der Waals surface area contributed by atoms with Crippen molar-refractivity contribution in [2.24, 2.45) is 5.92 Å². The predicted molar refractivity (Wildman–Crippen MR) is 460 cm³/mol. The van der Waals surface area contributed by atoms with Gasteiger partial charge in [-0.25, -0.2) is 9.13 Å². The second-order valence-electron chi connectivity index (χ2n) is 33.5. The molecule has 660 valence electrons. The van der Waals surface area contributed by atoms with E-state index in [4.69, 9.17) is 37.0 Å². The lowest BCUT2D eigenvalue weighted by Gasteiger charge is -2.21. The summed E-state index contributed by atoms with van der Waals surface area (Å²) in [4.78, 5) is 73.4. The highest BCUT2D eigenvalue weighted by atomic mass is 31.2. The highest BCUT2D eigenvalue weighted by molar-refractivity contribution is 7.47. The summed E-state index contributed by atoms with van der Waals surface area (Å²) in [5.41, 5.74) is 0. The van der Waals surface area contributed by atoms with Gasteiger partial charge in [-0.05, 0) is 31.6 Å². The molecule has 17 nitrogen and oxygen atoms in total. The highest BCUT2D eigenvalue weighted by Gasteiger charge is 2.31. The number of ether oxygens (including phenoxy) is 4. The van der Waals surface area contributed by atoms with Crippen LogP contribution in [-0.4, -0.2) is 96.7 Å². The Morgan fingerprint density at radius 3 is 0.613 bits per heavy atom. The molecule has 0 rings (SSSR count). The summed E-state index contributed by atoms with van der Waals surface area (Å²) < 4.78 is 69.1. The van der Waals surface area contributed by atoms with E-state index in [1.165, 1.54) is 321 Å². The van der Waals surface area contributed by atoms with E-state index in [2.05, 4.69) is 34.6 Å². The summed E-state index contributed by atoms with van der Waals surface area (Å²) in [7, 11) is -9.93. The van der Waals surface area contributed by atoms with Crippen LogP contribution in [0, 0.1) is 5.92 Å². The molecule has 5 atom stereocenters. The van der Waals surface area contributed by atoms with Crippen molar-refractivity contribution in [3.8, 4) is 0 Å². The van der Waals surface area contributed by atoms with E-state index in [1.54, 1.807) is 0 Å². The summed E-state index contributed by atoms with van der Waals surface area (Å²) in [6.07, 6.45) is 80.9. The van der Waals surface area contributed by atoms with E-state index in [1.807, 2.05) is 0 Å². The second kappa shape index (κ2) is 84.5. The number of aliphatic hydroxyl groups excluding tert-OH is 1. The first kappa shape index (κ1) is 109. The smallest absolute Gasteiger partial charge is 0.462 e. The van der Waals surface area contributed by atoms with Gasteiger partial charge in [0.25, 0.3) is 0 Å². The maximum atomic E-state index is 13.2. The van der Waals surface area contributed by atoms with Gasteiger partial charge in [-0.2, -0.15) is 0 Å². The average Bonchev–Trinajstić information content (AvgIpc) is 0.898. The molecule has 0 saturated carbocycles. The summed E-state index contributed by atoms with van der Waals surface area (Å²) in [5.74, 6) is -1.39. The third-order valence-electron chi connectivity index (χ3n) is 21.8. The molecule has 0 fully saturated rings. The molecule has 0 aliphatic rings. The van der Waals surface area contributed by atoms with Crippen molar-refractivity contribution in [3.05, 3.63) is 0 Å². The molecule has 0 aliphatic heterocycles. The topological polar surface area (TPSA) is 237 Å². The Hall–Kier alpha value is -1.94. The van der Waals surface area contributed by atoms with Crippen molar-refractivity contribution in [1.29, 1.82) is 0 Å². The fourth-order valence-electron chi connectivity index (χ4n) is 14.5. The Labute approximate surface area is 683 Å². The van der Waals surface area contributed by atoms with Crippen molar-refractivity contribution < 1.29 is 80.2 Å². The minimum absolute atomic E-state index is 0.108. The summed E-state index contributed by atoms with van der Waals surface area (Å²) in [6, 6.07) is 0. The molecule has 0 radical (unpaired) electrons. The van der Waals surface area contributed by atoms with Crippen LogP contribution in [-0.2, 0) is 65.4 Å². The number of hydrogen-bond donors (Lipinski definition) is 3. The van der Waals surface area contributed by atoms with Crippen molar-refractivity contribution in [2.45, 2.75) is 522 Å². The molecule has 0 amide bonds. The quantitative estimate of drug-likeness (QED) is 0.0222.